The minimum atomic E-state index is -1.33. The molecule has 1 N–H and O–H groups in total. The summed E-state index contributed by atoms with van der Waals surface area (Å²) >= 11 is 1.62. The van der Waals surface area contributed by atoms with E-state index in [0.717, 1.165) is 26.4 Å². The number of carboxylic acid groups (broad SMARTS) is 1. The highest BCUT2D eigenvalue weighted by atomic mass is 32.1. The van der Waals surface area contributed by atoms with Gasteiger partial charge in [-0.3, -0.25) is 0 Å². The molecule has 0 spiro atoms. The maximum atomic E-state index is 14.4. The van der Waals surface area contributed by atoms with Crippen molar-refractivity contribution in [3.63, 3.8) is 0 Å². The zero-order valence-corrected chi connectivity index (χ0v) is 19.1. The Balaban J connectivity index is 1.47. The molecule has 4 aromatic rings. The van der Waals surface area contributed by atoms with E-state index in [2.05, 4.69) is 24.3 Å². The van der Waals surface area contributed by atoms with Crippen molar-refractivity contribution in [3.05, 3.63) is 71.5 Å². The van der Waals surface area contributed by atoms with Crippen LogP contribution in [0, 0.1) is 5.82 Å². The number of methoxy groups -OCH3 is 1. The zero-order chi connectivity index (χ0) is 22.9. The van der Waals surface area contributed by atoms with Gasteiger partial charge in [0.1, 0.15) is 16.6 Å². The van der Waals surface area contributed by atoms with E-state index in [0.29, 0.717) is 17.2 Å². The number of ether oxygens (including phenoxy) is 1. The van der Waals surface area contributed by atoms with Gasteiger partial charge in [-0.2, -0.15) is 0 Å². The Labute approximate surface area is 195 Å². The summed E-state index contributed by atoms with van der Waals surface area (Å²) in [4.78, 5) is 16.1. The maximum Gasteiger partial charge on any atom is 0.338 e. The lowest BCUT2D eigenvalue weighted by molar-refractivity contribution is 0.0691. The normalized spacial score (nSPS) is 14.5. The smallest absolute Gasteiger partial charge is 0.338 e. The number of carboxylic acids is 1. The Bertz CT molecular complexity index is 1320. The minimum Gasteiger partial charge on any atom is -0.496 e. The molecule has 1 fully saturated rings. The maximum absolute atomic E-state index is 14.4. The van der Waals surface area contributed by atoms with Gasteiger partial charge in [0.05, 0.1) is 22.9 Å². The third kappa shape index (κ3) is 4.23. The second-order valence-corrected chi connectivity index (χ2v) is 9.53. The van der Waals surface area contributed by atoms with Crippen molar-refractivity contribution in [2.75, 3.05) is 7.11 Å². The highest BCUT2D eigenvalue weighted by Gasteiger charge is 2.18. The van der Waals surface area contributed by atoms with E-state index in [4.69, 9.17) is 9.72 Å². The summed E-state index contributed by atoms with van der Waals surface area (Å²) in [5, 5.41) is 10.1. The second-order valence-electron chi connectivity index (χ2n) is 8.50. The second kappa shape index (κ2) is 8.94. The summed E-state index contributed by atoms with van der Waals surface area (Å²) in [5.74, 6) is -1.14. The molecule has 0 radical (unpaired) electrons. The quantitative estimate of drug-likeness (QED) is 0.334. The van der Waals surface area contributed by atoms with Crippen LogP contribution in [-0.4, -0.2) is 23.2 Å². The van der Waals surface area contributed by atoms with E-state index in [1.165, 1.54) is 56.9 Å². The van der Waals surface area contributed by atoms with Crippen LogP contribution in [0.2, 0.25) is 0 Å². The molecule has 33 heavy (non-hydrogen) atoms. The first-order valence-electron chi connectivity index (χ1n) is 11.2. The SMILES string of the molecule is COc1cc(C(=O)O)c(F)cc1-c1ccc2sc(-c3ccc(C4CCCCC4)cc3)nc2c1. The zero-order valence-electron chi connectivity index (χ0n) is 18.3. The molecule has 5 rings (SSSR count). The molecule has 1 saturated carbocycles. The first-order chi connectivity index (χ1) is 16.0. The number of carbonyl (C=O) groups is 1. The number of fused-ring (bicyclic) bond motifs is 1. The van der Waals surface area contributed by atoms with Crippen LogP contribution < -0.4 is 4.74 Å². The number of hydrogen-bond acceptors (Lipinski definition) is 4. The average Bonchev–Trinajstić information content (AvgIpc) is 3.28. The number of halogens is 1. The molecule has 3 aromatic carbocycles. The van der Waals surface area contributed by atoms with Crippen LogP contribution in [0.4, 0.5) is 4.39 Å². The van der Waals surface area contributed by atoms with E-state index < -0.39 is 17.3 Å². The Kier molecular flexibility index (Phi) is 5.85. The van der Waals surface area contributed by atoms with Crippen molar-refractivity contribution in [1.29, 1.82) is 0 Å². The van der Waals surface area contributed by atoms with Crippen molar-refractivity contribution < 1.29 is 19.0 Å². The van der Waals surface area contributed by atoms with Crippen LogP contribution in [0.15, 0.2) is 54.6 Å². The summed E-state index contributed by atoms with van der Waals surface area (Å²) in [6, 6.07) is 17.0. The van der Waals surface area contributed by atoms with Crippen LogP contribution in [0.1, 0.15) is 53.9 Å². The van der Waals surface area contributed by atoms with Gasteiger partial charge in [-0.1, -0.05) is 49.6 Å². The molecule has 4 nitrogen and oxygen atoms in total. The van der Waals surface area contributed by atoms with Gasteiger partial charge in [-0.15, -0.1) is 11.3 Å². The summed E-state index contributed by atoms with van der Waals surface area (Å²) in [6.45, 7) is 0. The third-order valence-electron chi connectivity index (χ3n) is 6.45. The first kappa shape index (κ1) is 21.6. The number of thiazole rings is 1. The largest absolute Gasteiger partial charge is 0.496 e. The summed E-state index contributed by atoms with van der Waals surface area (Å²) in [6.07, 6.45) is 6.55. The number of aromatic nitrogens is 1. The molecule has 0 amide bonds. The topological polar surface area (TPSA) is 59.4 Å². The fraction of sp³-hybridized carbons (Fsp3) is 0.259. The van der Waals surface area contributed by atoms with Gasteiger partial charge in [0.15, 0.2) is 0 Å². The predicted molar refractivity (Wildman–Crippen MR) is 130 cm³/mol. The molecule has 0 saturated heterocycles. The van der Waals surface area contributed by atoms with Crippen LogP contribution in [0.25, 0.3) is 31.9 Å². The van der Waals surface area contributed by atoms with E-state index in [-0.39, 0.29) is 0 Å². The van der Waals surface area contributed by atoms with E-state index >= 15 is 0 Å². The average molecular weight is 462 g/mol. The molecule has 0 bridgehead atoms. The first-order valence-corrected chi connectivity index (χ1v) is 12.0. The summed E-state index contributed by atoms with van der Waals surface area (Å²) in [7, 11) is 1.44. The van der Waals surface area contributed by atoms with E-state index in [1.54, 1.807) is 11.3 Å². The standard InChI is InChI=1S/C27H24FNO3S/c1-32-24-15-21(27(30)31)22(28)14-20(24)19-11-12-25-23(13-19)29-26(33-25)18-9-7-17(8-10-18)16-5-3-2-4-6-16/h7-16H,2-6H2,1H3,(H,30,31). The van der Waals surface area contributed by atoms with Crippen LogP contribution in [-0.2, 0) is 0 Å². The molecule has 168 valence electrons. The molecule has 6 heteroatoms. The van der Waals surface area contributed by atoms with Crippen molar-refractivity contribution in [3.8, 4) is 27.4 Å². The van der Waals surface area contributed by atoms with Crippen molar-refractivity contribution in [1.82, 2.24) is 4.98 Å². The van der Waals surface area contributed by atoms with Crippen molar-refractivity contribution >= 4 is 27.5 Å². The van der Waals surface area contributed by atoms with Gasteiger partial charge in [0, 0.05) is 11.1 Å². The van der Waals surface area contributed by atoms with Crippen LogP contribution in [0.5, 0.6) is 5.75 Å². The Morgan fingerprint density at radius 1 is 1.03 bits per heavy atom. The van der Waals surface area contributed by atoms with Gasteiger partial charge in [-0.05, 0) is 54.2 Å². The van der Waals surface area contributed by atoms with Crippen molar-refractivity contribution in [2.45, 2.75) is 38.0 Å². The molecule has 1 heterocycles. The molecular formula is C27H24FNO3S. The third-order valence-corrected chi connectivity index (χ3v) is 7.54. The highest BCUT2D eigenvalue weighted by molar-refractivity contribution is 7.21. The predicted octanol–water partition coefficient (Wildman–Crippen LogP) is 7.52. The van der Waals surface area contributed by atoms with Gasteiger partial charge in [0.25, 0.3) is 0 Å². The van der Waals surface area contributed by atoms with Crippen LogP contribution in [0.3, 0.4) is 0 Å². The number of aromatic carboxylic acids is 1. The molecule has 0 unspecified atom stereocenters. The number of rotatable bonds is 5. The molecule has 0 atom stereocenters. The molecule has 1 aliphatic carbocycles. The monoisotopic (exact) mass is 461 g/mol. The lowest BCUT2D eigenvalue weighted by Crippen LogP contribution is -2.04. The fourth-order valence-corrected chi connectivity index (χ4v) is 5.62. The van der Waals surface area contributed by atoms with Gasteiger partial charge in [0.2, 0.25) is 0 Å². The Hall–Kier alpha value is -3.25. The van der Waals surface area contributed by atoms with Gasteiger partial charge in [-0.25, -0.2) is 14.2 Å². The molecule has 1 aromatic heterocycles. The fourth-order valence-electron chi connectivity index (χ4n) is 4.66. The number of hydrogen-bond donors (Lipinski definition) is 1. The number of nitrogens with zero attached hydrogens (tertiary/aromatic N) is 1. The highest BCUT2D eigenvalue weighted by Crippen LogP contribution is 2.38. The van der Waals surface area contributed by atoms with E-state index in [1.807, 2.05) is 18.2 Å². The van der Waals surface area contributed by atoms with Gasteiger partial charge < -0.3 is 9.84 Å². The Morgan fingerprint density at radius 2 is 1.76 bits per heavy atom. The lowest BCUT2D eigenvalue weighted by atomic mass is 9.84. The van der Waals surface area contributed by atoms with E-state index in [9.17, 15) is 14.3 Å². The van der Waals surface area contributed by atoms with Crippen molar-refractivity contribution in [2.24, 2.45) is 0 Å². The van der Waals surface area contributed by atoms with Gasteiger partial charge >= 0.3 is 5.97 Å². The molecule has 0 aliphatic heterocycles. The Morgan fingerprint density at radius 3 is 2.45 bits per heavy atom. The van der Waals surface area contributed by atoms with Crippen LogP contribution >= 0.6 is 11.3 Å². The number of benzene rings is 3. The summed E-state index contributed by atoms with van der Waals surface area (Å²) < 4.78 is 20.7. The minimum absolute atomic E-state index is 0.307. The molecular weight excluding hydrogens is 437 g/mol. The molecule has 1 aliphatic rings. The lowest BCUT2D eigenvalue weighted by Gasteiger charge is -2.21. The summed E-state index contributed by atoms with van der Waals surface area (Å²) in [5.41, 5.74) is 4.12.